The maximum absolute atomic E-state index is 14.5. The normalized spacial score (nSPS) is 34.9. The molecular weight excluding hydrogens is 748 g/mol. The fraction of sp³-hybridized carbons (Fsp3) is 0.541. The Morgan fingerprint density at radius 3 is 2.14 bits per heavy atom. The molecule has 3 aliphatic rings. The predicted molar refractivity (Wildman–Crippen MR) is 188 cm³/mol. The Morgan fingerprint density at radius 1 is 0.821 bits per heavy atom. The second-order valence-corrected chi connectivity index (χ2v) is 14.2. The summed E-state index contributed by atoms with van der Waals surface area (Å²) in [4.78, 5) is 14.5. The summed E-state index contributed by atoms with van der Waals surface area (Å²) in [5.74, 6) is -1.92. The maximum atomic E-state index is 14.5. The standard InChI is InChI=1S/C37H46O19/c1-13(2)4-9-17-20(52-37-29(48)27(46)24(43)21(11-38)53-37)10-18(40)22-25(44)34(31(54-32(17)22)15-5-7-16(39)8-6-15)56-35-30(49)33(19(41)12-50-35)55-36-28(47)26(45)23(42)14(3)51-36/h4-8,10,14,19,21,23-24,26-30,33,35-43,45-49H,9,11-12H2,1-3H3/t14-,19+,21+,23-,24+,26+,27-,28+,29+,30+,33-,35-,36-,37+/m0/s1. The number of aliphatic hydroxyl groups excluding tert-OH is 9. The Balaban J connectivity index is 1.43. The lowest BCUT2D eigenvalue weighted by molar-refractivity contribution is -0.338. The van der Waals surface area contributed by atoms with Crippen LogP contribution in [0.5, 0.6) is 23.0 Å². The molecule has 56 heavy (non-hydrogen) atoms. The summed E-state index contributed by atoms with van der Waals surface area (Å²) in [6.45, 7) is 3.73. The molecule has 0 unspecified atom stereocenters. The molecule has 0 radical (unpaired) electrons. The van der Waals surface area contributed by atoms with Crippen LogP contribution in [-0.4, -0.2) is 155 Å². The number of hydrogen-bond donors (Lipinski definition) is 11. The molecule has 0 amide bonds. The summed E-state index contributed by atoms with van der Waals surface area (Å²) in [5.41, 5.74) is -0.107. The van der Waals surface area contributed by atoms with E-state index >= 15 is 0 Å². The quantitative estimate of drug-likeness (QED) is 0.101. The van der Waals surface area contributed by atoms with Crippen LogP contribution in [0.25, 0.3) is 22.3 Å². The monoisotopic (exact) mass is 794 g/mol. The van der Waals surface area contributed by atoms with Crippen molar-refractivity contribution in [1.82, 2.24) is 0 Å². The first-order valence-corrected chi connectivity index (χ1v) is 17.8. The number of aromatic hydroxyl groups is 2. The van der Waals surface area contributed by atoms with Gasteiger partial charge in [0.1, 0.15) is 89.3 Å². The first-order chi connectivity index (χ1) is 26.5. The zero-order valence-corrected chi connectivity index (χ0v) is 30.4. The molecule has 3 aliphatic heterocycles. The van der Waals surface area contributed by atoms with Gasteiger partial charge in [0.25, 0.3) is 0 Å². The molecule has 19 nitrogen and oxygen atoms in total. The highest BCUT2D eigenvalue weighted by molar-refractivity contribution is 5.91. The number of fused-ring (bicyclic) bond motifs is 1. The van der Waals surface area contributed by atoms with Crippen LogP contribution < -0.4 is 14.9 Å². The predicted octanol–water partition coefficient (Wildman–Crippen LogP) is -1.77. The Labute approximate surface area is 318 Å². The first kappa shape index (κ1) is 41.7. The lowest BCUT2D eigenvalue weighted by Gasteiger charge is -2.43. The highest BCUT2D eigenvalue weighted by atomic mass is 16.7. The Bertz CT molecular complexity index is 1930. The summed E-state index contributed by atoms with van der Waals surface area (Å²) in [6, 6.07) is 6.38. The zero-order chi connectivity index (χ0) is 40.7. The minimum atomic E-state index is -1.90. The summed E-state index contributed by atoms with van der Waals surface area (Å²) < 4.78 is 40.5. The maximum Gasteiger partial charge on any atom is 0.239 e. The molecule has 0 aliphatic carbocycles. The van der Waals surface area contributed by atoms with Crippen molar-refractivity contribution in [2.75, 3.05) is 13.2 Å². The van der Waals surface area contributed by atoms with Gasteiger partial charge in [0, 0.05) is 17.2 Å². The lowest BCUT2D eigenvalue weighted by atomic mass is 9.99. The molecule has 19 heteroatoms. The van der Waals surface area contributed by atoms with Gasteiger partial charge < -0.3 is 89.0 Å². The molecule has 11 N–H and O–H groups in total. The number of hydrogen-bond acceptors (Lipinski definition) is 19. The van der Waals surface area contributed by atoms with E-state index in [4.69, 9.17) is 32.8 Å². The van der Waals surface area contributed by atoms with Crippen LogP contribution in [0, 0.1) is 0 Å². The van der Waals surface area contributed by atoms with Gasteiger partial charge in [-0.3, -0.25) is 4.79 Å². The third kappa shape index (κ3) is 8.09. The van der Waals surface area contributed by atoms with E-state index in [1.807, 2.05) is 0 Å². The molecule has 1 aromatic heterocycles. The van der Waals surface area contributed by atoms with E-state index in [1.165, 1.54) is 31.2 Å². The Hall–Kier alpha value is -3.93. The van der Waals surface area contributed by atoms with Crippen LogP contribution in [0.15, 0.2) is 51.2 Å². The minimum Gasteiger partial charge on any atom is -0.508 e. The highest BCUT2D eigenvalue weighted by Crippen LogP contribution is 2.42. The van der Waals surface area contributed by atoms with Gasteiger partial charge in [0.05, 0.1) is 19.3 Å². The van der Waals surface area contributed by atoms with E-state index in [1.54, 1.807) is 19.9 Å². The van der Waals surface area contributed by atoms with Crippen LogP contribution in [0.3, 0.4) is 0 Å². The number of phenolic OH excluding ortho intramolecular Hbond substituents is 2. The average molecular weight is 795 g/mol. The second-order valence-electron chi connectivity index (χ2n) is 14.2. The molecule has 3 saturated heterocycles. The third-order valence-corrected chi connectivity index (χ3v) is 9.86. The molecule has 3 fully saturated rings. The summed E-state index contributed by atoms with van der Waals surface area (Å²) in [6.07, 6.45) is -20.9. The minimum absolute atomic E-state index is 0.00478. The van der Waals surface area contributed by atoms with Crippen LogP contribution in [0.4, 0.5) is 0 Å². The van der Waals surface area contributed by atoms with Crippen molar-refractivity contribution in [3.8, 4) is 34.3 Å². The number of ether oxygens (including phenoxy) is 6. The van der Waals surface area contributed by atoms with Gasteiger partial charge in [-0.2, -0.15) is 0 Å². The lowest BCUT2D eigenvalue weighted by Crippen LogP contribution is -2.62. The zero-order valence-electron chi connectivity index (χ0n) is 30.4. The fourth-order valence-electron chi connectivity index (χ4n) is 6.61. The van der Waals surface area contributed by atoms with E-state index in [0.717, 1.165) is 11.6 Å². The largest absolute Gasteiger partial charge is 0.508 e. The van der Waals surface area contributed by atoms with Gasteiger partial charge in [0.15, 0.2) is 12.1 Å². The van der Waals surface area contributed by atoms with E-state index in [0.29, 0.717) is 0 Å². The van der Waals surface area contributed by atoms with Crippen LogP contribution in [-0.2, 0) is 25.4 Å². The van der Waals surface area contributed by atoms with Crippen molar-refractivity contribution in [1.29, 1.82) is 0 Å². The van der Waals surface area contributed by atoms with Crippen molar-refractivity contribution in [2.45, 2.75) is 113 Å². The topological polar surface area (TPSA) is 308 Å². The van der Waals surface area contributed by atoms with E-state index in [-0.39, 0.29) is 40.4 Å². The Kier molecular flexibility index (Phi) is 12.6. The second kappa shape index (κ2) is 16.9. The third-order valence-electron chi connectivity index (χ3n) is 9.86. The number of benzene rings is 2. The summed E-state index contributed by atoms with van der Waals surface area (Å²) >= 11 is 0. The van der Waals surface area contributed by atoms with Crippen LogP contribution >= 0.6 is 0 Å². The first-order valence-electron chi connectivity index (χ1n) is 17.8. The fourth-order valence-corrected chi connectivity index (χ4v) is 6.61. The molecule has 14 atom stereocenters. The van der Waals surface area contributed by atoms with E-state index in [2.05, 4.69) is 0 Å². The number of rotatable bonds is 10. The molecule has 2 aromatic carbocycles. The van der Waals surface area contributed by atoms with Gasteiger partial charge in [-0.1, -0.05) is 11.6 Å². The molecule has 0 saturated carbocycles. The van der Waals surface area contributed by atoms with Crippen LogP contribution in [0.2, 0.25) is 0 Å². The van der Waals surface area contributed by atoms with Crippen molar-refractivity contribution < 1.29 is 89.0 Å². The summed E-state index contributed by atoms with van der Waals surface area (Å²) in [5, 5.41) is 115. The van der Waals surface area contributed by atoms with Crippen molar-refractivity contribution in [2.24, 2.45) is 0 Å². The SMILES string of the molecule is CC(C)=CCc1c(O[C@@H]2O[C@H](CO)[C@@H](O)[C@H](O)[C@H]2O)cc(O)c2c(=O)c(O[C@@H]3OC[C@@H](O)[C@H](O[C@@H]4O[C@@H](C)[C@H](O)[C@@H](O)[C@H]4O)[C@H]3O)c(-c3ccc(O)cc3)oc12. The molecular formula is C37H46O19. The van der Waals surface area contributed by atoms with Crippen molar-refractivity contribution >= 4 is 11.0 Å². The smallest absolute Gasteiger partial charge is 0.239 e. The molecule has 0 spiro atoms. The van der Waals surface area contributed by atoms with E-state index in [9.17, 15) is 61.0 Å². The van der Waals surface area contributed by atoms with Gasteiger partial charge in [-0.15, -0.1) is 0 Å². The number of aliphatic hydroxyl groups is 9. The summed E-state index contributed by atoms with van der Waals surface area (Å²) in [7, 11) is 0. The molecule has 4 heterocycles. The molecule has 6 rings (SSSR count). The number of allylic oxidation sites excluding steroid dienone is 2. The van der Waals surface area contributed by atoms with Gasteiger partial charge in [-0.05, 0) is 51.5 Å². The molecule has 0 bridgehead atoms. The van der Waals surface area contributed by atoms with Gasteiger partial charge >= 0.3 is 0 Å². The Morgan fingerprint density at radius 2 is 1.48 bits per heavy atom. The highest BCUT2D eigenvalue weighted by Gasteiger charge is 2.49. The van der Waals surface area contributed by atoms with Crippen molar-refractivity contribution in [3.63, 3.8) is 0 Å². The number of phenols is 2. The van der Waals surface area contributed by atoms with Gasteiger partial charge in [-0.25, -0.2) is 0 Å². The van der Waals surface area contributed by atoms with Crippen LogP contribution in [0.1, 0.15) is 26.3 Å². The van der Waals surface area contributed by atoms with Gasteiger partial charge in [0.2, 0.25) is 23.8 Å². The van der Waals surface area contributed by atoms with Crippen molar-refractivity contribution in [3.05, 3.63) is 57.8 Å². The molecule has 308 valence electrons. The van der Waals surface area contributed by atoms with E-state index < -0.39 is 122 Å². The molecule has 3 aromatic rings. The average Bonchev–Trinajstić information content (AvgIpc) is 3.16.